The third-order valence-corrected chi connectivity index (χ3v) is 7.41. The summed E-state index contributed by atoms with van der Waals surface area (Å²) < 4.78 is 0. The molecule has 1 aliphatic carbocycles. The lowest BCUT2D eigenvalue weighted by atomic mass is 9.89. The van der Waals surface area contributed by atoms with Crippen LogP contribution in [0.3, 0.4) is 0 Å². The maximum Gasteiger partial charge on any atom is 0.251 e. The Labute approximate surface area is 202 Å². The molecule has 0 bridgehead atoms. The third-order valence-electron chi connectivity index (χ3n) is 7.19. The Hall–Kier alpha value is -2.37. The highest BCUT2D eigenvalue weighted by atomic mass is 35.5. The molecule has 2 aliphatic rings. The van der Waals surface area contributed by atoms with Gasteiger partial charge in [0.15, 0.2) is 0 Å². The number of carbonyl (C=O) groups is 1. The first-order valence-electron chi connectivity index (χ1n) is 12.0. The normalized spacial score (nSPS) is 19.9. The van der Waals surface area contributed by atoms with Gasteiger partial charge in [0.25, 0.3) is 5.91 Å². The molecule has 0 spiro atoms. The van der Waals surface area contributed by atoms with Gasteiger partial charge >= 0.3 is 0 Å². The van der Waals surface area contributed by atoms with Gasteiger partial charge in [-0.15, -0.1) is 0 Å². The summed E-state index contributed by atoms with van der Waals surface area (Å²) >= 11 is 6.52. The van der Waals surface area contributed by atoms with Gasteiger partial charge in [0.05, 0.1) is 12.2 Å². The Bertz CT molecular complexity index is 1040. The van der Waals surface area contributed by atoms with Gasteiger partial charge in [0, 0.05) is 47.0 Å². The van der Waals surface area contributed by atoms with Crippen molar-refractivity contribution in [1.29, 1.82) is 0 Å². The molecule has 0 atom stereocenters. The molecule has 0 aromatic heterocycles. The van der Waals surface area contributed by atoms with Crippen LogP contribution in [0, 0.1) is 6.92 Å². The van der Waals surface area contributed by atoms with Crippen LogP contribution in [0.1, 0.15) is 54.1 Å². The lowest BCUT2D eigenvalue weighted by Gasteiger charge is -2.40. The highest BCUT2D eigenvalue weighted by Crippen LogP contribution is 2.34. The number of nitrogens with zero attached hydrogens (tertiary/aromatic N) is 3. The van der Waals surface area contributed by atoms with E-state index < -0.39 is 0 Å². The van der Waals surface area contributed by atoms with E-state index in [1.807, 2.05) is 31.2 Å². The monoisotopic (exact) mass is 466 g/mol. The van der Waals surface area contributed by atoms with E-state index in [2.05, 4.69) is 47.2 Å². The van der Waals surface area contributed by atoms with Crippen LogP contribution >= 0.6 is 11.6 Å². The van der Waals surface area contributed by atoms with Gasteiger partial charge in [-0.05, 0) is 83.0 Å². The summed E-state index contributed by atoms with van der Waals surface area (Å²) in [5.74, 6) is -0.0951. The number of carbonyl (C=O) groups excluding carboxylic acids is 1. The highest BCUT2D eigenvalue weighted by Gasteiger charge is 2.28. The van der Waals surface area contributed by atoms with Gasteiger partial charge in [-0.2, -0.15) is 0 Å². The van der Waals surface area contributed by atoms with Gasteiger partial charge in [-0.1, -0.05) is 29.8 Å². The van der Waals surface area contributed by atoms with Crippen molar-refractivity contribution in [1.82, 2.24) is 10.2 Å². The van der Waals surface area contributed by atoms with Crippen LogP contribution < -0.4 is 10.2 Å². The van der Waals surface area contributed by atoms with E-state index in [1.165, 1.54) is 18.4 Å². The zero-order valence-corrected chi connectivity index (χ0v) is 21.0. The fourth-order valence-electron chi connectivity index (χ4n) is 5.29. The van der Waals surface area contributed by atoms with Crippen LogP contribution in [-0.2, 0) is 6.42 Å². The molecule has 2 aromatic carbocycles. The van der Waals surface area contributed by atoms with Crippen LogP contribution in [-0.4, -0.2) is 55.8 Å². The first-order chi connectivity index (χ1) is 15.9. The Morgan fingerprint density at radius 1 is 1.12 bits per heavy atom. The van der Waals surface area contributed by atoms with Crippen LogP contribution in [0.15, 0.2) is 41.4 Å². The molecule has 4 rings (SSSR count). The number of nitrogens with one attached hydrogen (secondary N) is 1. The van der Waals surface area contributed by atoms with E-state index >= 15 is 0 Å². The molecule has 5 nitrogen and oxygen atoms in total. The molecular weight excluding hydrogens is 432 g/mol. The maximum absolute atomic E-state index is 13.2. The zero-order valence-electron chi connectivity index (χ0n) is 20.2. The van der Waals surface area contributed by atoms with Crippen LogP contribution in [0.25, 0.3) is 0 Å². The van der Waals surface area contributed by atoms with Crippen LogP contribution in [0.4, 0.5) is 11.4 Å². The van der Waals surface area contributed by atoms with Crippen LogP contribution in [0.2, 0.25) is 5.02 Å². The summed E-state index contributed by atoms with van der Waals surface area (Å²) in [5.41, 5.74) is 5.92. The number of benzene rings is 2. The predicted molar refractivity (Wildman–Crippen MR) is 139 cm³/mol. The number of amides is 1. The quantitative estimate of drug-likeness (QED) is 0.593. The molecular formula is C27H35ClN4O. The summed E-state index contributed by atoms with van der Waals surface area (Å²) in [4.78, 5) is 22.6. The largest absolute Gasteiger partial charge is 0.369 e. The summed E-state index contributed by atoms with van der Waals surface area (Å²) in [6, 6.07) is 13.1. The van der Waals surface area contributed by atoms with Gasteiger partial charge in [0.2, 0.25) is 0 Å². The van der Waals surface area contributed by atoms with Crippen molar-refractivity contribution in [2.45, 2.75) is 58.0 Å². The average Bonchev–Trinajstić information content (AvgIpc) is 3.23. The number of anilines is 1. The Balaban J connectivity index is 1.47. The molecule has 1 heterocycles. The van der Waals surface area contributed by atoms with Crippen molar-refractivity contribution in [3.63, 3.8) is 0 Å². The lowest BCUT2D eigenvalue weighted by molar-refractivity contribution is 0.0958. The van der Waals surface area contributed by atoms with Crippen molar-refractivity contribution in [2.75, 3.05) is 32.1 Å². The Kier molecular flexibility index (Phi) is 7.40. The number of para-hydroxylation sites is 1. The standard InChI is InChI=1S/C27H35ClN4O/c1-5-32(23-12-10-22(11-13-23)31(3)4)26-16-20(28)15-24(18(26)2)27(33)29-17-21-14-19-8-6-7-9-25(19)30-21/h6-9,15-16,22-23H,5,10-14,17H2,1-4H3,(H,29,33). The van der Waals surface area contributed by atoms with E-state index in [9.17, 15) is 4.79 Å². The molecule has 176 valence electrons. The van der Waals surface area contributed by atoms with E-state index in [1.54, 1.807) is 6.07 Å². The summed E-state index contributed by atoms with van der Waals surface area (Å²) in [6.07, 6.45) is 5.50. The molecule has 0 radical (unpaired) electrons. The van der Waals surface area contributed by atoms with E-state index in [0.717, 1.165) is 48.5 Å². The second kappa shape index (κ2) is 10.3. The molecule has 0 saturated heterocycles. The zero-order chi connectivity index (χ0) is 23.5. The maximum atomic E-state index is 13.2. The van der Waals surface area contributed by atoms with Gasteiger partial charge in [-0.3, -0.25) is 9.79 Å². The lowest BCUT2D eigenvalue weighted by Crippen LogP contribution is -2.42. The molecule has 1 fully saturated rings. The minimum atomic E-state index is -0.0951. The second-order valence-electron chi connectivity index (χ2n) is 9.48. The molecule has 1 saturated carbocycles. The van der Waals surface area contributed by atoms with Crippen molar-refractivity contribution in [3.05, 3.63) is 58.1 Å². The van der Waals surface area contributed by atoms with Gasteiger partial charge < -0.3 is 15.1 Å². The highest BCUT2D eigenvalue weighted by molar-refractivity contribution is 6.31. The minimum absolute atomic E-state index is 0.0951. The van der Waals surface area contributed by atoms with E-state index in [0.29, 0.717) is 29.2 Å². The second-order valence-corrected chi connectivity index (χ2v) is 9.91. The smallest absolute Gasteiger partial charge is 0.251 e. The van der Waals surface area contributed by atoms with E-state index in [4.69, 9.17) is 11.6 Å². The van der Waals surface area contributed by atoms with Crippen molar-refractivity contribution in [2.24, 2.45) is 4.99 Å². The minimum Gasteiger partial charge on any atom is -0.369 e. The molecule has 33 heavy (non-hydrogen) atoms. The number of aliphatic imine (C=N–C) groups is 1. The molecule has 1 N–H and O–H groups in total. The SMILES string of the molecule is CCN(c1cc(Cl)cc(C(=O)NCC2=Nc3ccccc3C2)c1C)C1CCC(N(C)C)CC1. The van der Waals surface area contributed by atoms with Crippen molar-refractivity contribution < 1.29 is 4.79 Å². The number of halogens is 1. The number of hydrogen-bond acceptors (Lipinski definition) is 4. The topological polar surface area (TPSA) is 47.9 Å². The first kappa shape index (κ1) is 23.8. The van der Waals surface area contributed by atoms with Crippen LogP contribution in [0.5, 0.6) is 0 Å². The first-order valence-corrected chi connectivity index (χ1v) is 12.4. The Morgan fingerprint density at radius 2 is 1.82 bits per heavy atom. The summed E-state index contributed by atoms with van der Waals surface area (Å²) in [6.45, 7) is 5.57. The Morgan fingerprint density at radius 3 is 2.48 bits per heavy atom. The molecule has 6 heteroatoms. The van der Waals surface area contributed by atoms with Gasteiger partial charge in [-0.25, -0.2) is 0 Å². The molecule has 2 aromatic rings. The average molecular weight is 467 g/mol. The van der Waals surface area contributed by atoms with Crippen molar-refractivity contribution in [3.8, 4) is 0 Å². The predicted octanol–water partition coefficient (Wildman–Crippen LogP) is 5.41. The summed E-state index contributed by atoms with van der Waals surface area (Å²) in [5, 5.41) is 3.68. The van der Waals surface area contributed by atoms with Crippen molar-refractivity contribution >= 4 is 34.6 Å². The number of fused-ring (bicyclic) bond motifs is 1. The fraction of sp³-hybridized carbons (Fsp3) is 0.481. The summed E-state index contributed by atoms with van der Waals surface area (Å²) in [7, 11) is 4.34. The number of hydrogen-bond donors (Lipinski definition) is 1. The number of rotatable bonds is 7. The van der Waals surface area contributed by atoms with E-state index in [-0.39, 0.29) is 5.91 Å². The fourth-order valence-corrected chi connectivity index (χ4v) is 5.50. The third kappa shape index (κ3) is 5.25. The molecule has 1 aliphatic heterocycles. The molecule has 0 unspecified atom stereocenters. The van der Waals surface area contributed by atoms with Gasteiger partial charge in [0.1, 0.15) is 0 Å². The molecule has 1 amide bonds.